The molecule has 3 aromatic carbocycles. The molecule has 0 fully saturated rings. The normalized spacial score (nSPS) is 12.5. The Bertz CT molecular complexity index is 1480. The first-order chi connectivity index (χ1) is 16.8. The summed E-state index contributed by atoms with van der Waals surface area (Å²) in [5, 5.41) is -0.845. The summed E-state index contributed by atoms with van der Waals surface area (Å²) in [7, 11) is -5.55. The molecule has 0 radical (unpaired) electrons. The zero-order valence-corrected chi connectivity index (χ0v) is 20.0. The summed E-state index contributed by atoms with van der Waals surface area (Å²) in [6.07, 6.45) is -10.7. The summed E-state index contributed by atoms with van der Waals surface area (Å²) >= 11 is 11.9. The van der Waals surface area contributed by atoms with E-state index in [0.717, 1.165) is 0 Å². The van der Waals surface area contributed by atoms with Crippen molar-refractivity contribution < 1.29 is 48.8 Å². The molecule has 0 saturated heterocycles. The highest BCUT2D eigenvalue weighted by molar-refractivity contribution is 7.86. The third-order valence-electron chi connectivity index (χ3n) is 4.80. The number of alkyl halides is 6. The molecule has 0 aromatic heterocycles. The molecule has 0 unspecified atom stereocenters. The first-order valence-electron chi connectivity index (χ1n) is 9.48. The second-order valence-electron chi connectivity index (χ2n) is 7.33. The second kappa shape index (κ2) is 9.59. The van der Waals surface area contributed by atoms with Crippen molar-refractivity contribution in [1.82, 2.24) is 0 Å². The van der Waals surface area contributed by atoms with Gasteiger partial charge in [-0.15, -0.1) is 0 Å². The summed E-state index contributed by atoms with van der Waals surface area (Å²) in [5.41, 5.74) is 3.41. The Labute approximate surface area is 214 Å². The van der Waals surface area contributed by atoms with Crippen LogP contribution in [-0.4, -0.2) is 18.9 Å². The van der Waals surface area contributed by atoms with Crippen molar-refractivity contribution in [3.8, 4) is 22.6 Å². The van der Waals surface area contributed by atoms with Crippen LogP contribution in [0.2, 0.25) is 10.0 Å². The number of carbonyl (C=O) groups is 1. The van der Waals surface area contributed by atoms with E-state index < -0.39 is 77.6 Å². The maximum atomic E-state index is 13.5. The third kappa shape index (κ3) is 5.87. The minimum atomic E-state index is -5.55. The molecule has 3 aromatic rings. The van der Waals surface area contributed by atoms with Crippen molar-refractivity contribution in [2.24, 2.45) is 5.73 Å². The largest absolute Gasteiger partial charge is 0.454 e. The number of hydrogen-bond acceptors (Lipinski definition) is 5. The molecular formula is C21H12Cl2F6N2O5S. The quantitative estimate of drug-likeness (QED) is 0.179. The van der Waals surface area contributed by atoms with Gasteiger partial charge in [0.15, 0.2) is 5.75 Å². The smallest absolute Gasteiger partial charge is 0.416 e. The topological polar surface area (TPSA) is 133 Å². The van der Waals surface area contributed by atoms with Gasteiger partial charge in [0.05, 0.1) is 27.4 Å². The Balaban J connectivity index is 2.55. The number of anilines is 1. The van der Waals surface area contributed by atoms with E-state index in [1.807, 2.05) is 0 Å². The van der Waals surface area contributed by atoms with E-state index in [0.29, 0.717) is 0 Å². The second-order valence-corrected chi connectivity index (χ2v) is 9.50. The number of carbonyl (C=O) groups excluding carboxylic acids is 1. The molecule has 0 saturated carbocycles. The van der Waals surface area contributed by atoms with Gasteiger partial charge in [-0.05, 0) is 48.0 Å². The van der Waals surface area contributed by atoms with Crippen LogP contribution in [0.5, 0.6) is 11.5 Å². The Kier molecular flexibility index (Phi) is 7.36. The minimum absolute atomic E-state index is 0.137. The number of halogens is 8. The van der Waals surface area contributed by atoms with Crippen LogP contribution in [0, 0.1) is 0 Å². The standard InChI is InChI=1S/C21H12Cl2F6N2O5S/c22-11-1-3-12(4-2-11)36-17-16(30)14(19(31)32)15(23)13(18(17)37(33,34)35)8-5-9(20(24,25)26)7-10(6-8)21(27,28)29/h1-7H,30H2,(H2,31,32)(H,33,34,35). The van der Waals surface area contributed by atoms with Gasteiger partial charge >= 0.3 is 12.4 Å². The first-order valence-corrected chi connectivity index (χ1v) is 11.7. The molecule has 0 bridgehead atoms. The van der Waals surface area contributed by atoms with Gasteiger partial charge in [0, 0.05) is 10.6 Å². The highest BCUT2D eigenvalue weighted by Gasteiger charge is 2.39. The van der Waals surface area contributed by atoms with E-state index in [1.165, 1.54) is 24.3 Å². The van der Waals surface area contributed by atoms with Gasteiger partial charge in [-0.1, -0.05) is 23.2 Å². The van der Waals surface area contributed by atoms with Crippen LogP contribution in [0.1, 0.15) is 21.5 Å². The summed E-state index contributed by atoms with van der Waals surface area (Å²) in [6.45, 7) is 0. The Morgan fingerprint density at radius 2 is 1.41 bits per heavy atom. The minimum Gasteiger partial charge on any atom is -0.454 e. The summed E-state index contributed by atoms with van der Waals surface area (Å²) in [4.78, 5) is 10.7. The highest BCUT2D eigenvalue weighted by Crippen LogP contribution is 2.49. The number of benzene rings is 3. The van der Waals surface area contributed by atoms with E-state index in [2.05, 4.69) is 0 Å². The lowest BCUT2D eigenvalue weighted by Crippen LogP contribution is -2.18. The van der Waals surface area contributed by atoms with Crippen LogP contribution >= 0.6 is 23.2 Å². The van der Waals surface area contributed by atoms with Crippen LogP contribution in [0.3, 0.4) is 0 Å². The lowest BCUT2D eigenvalue weighted by Gasteiger charge is -2.21. The summed E-state index contributed by atoms with van der Waals surface area (Å²) < 4.78 is 121. The fourth-order valence-corrected chi connectivity index (χ4v) is 4.70. The van der Waals surface area contributed by atoms with Gasteiger partial charge in [0.25, 0.3) is 16.0 Å². The molecule has 0 aliphatic carbocycles. The molecule has 0 atom stereocenters. The van der Waals surface area contributed by atoms with Crippen molar-refractivity contribution in [3.05, 3.63) is 69.2 Å². The van der Waals surface area contributed by atoms with Crippen molar-refractivity contribution >= 4 is 44.9 Å². The molecule has 3 rings (SSSR count). The maximum absolute atomic E-state index is 13.5. The highest BCUT2D eigenvalue weighted by atomic mass is 35.5. The lowest BCUT2D eigenvalue weighted by molar-refractivity contribution is -0.143. The molecule has 5 N–H and O–H groups in total. The van der Waals surface area contributed by atoms with Crippen molar-refractivity contribution in [2.75, 3.05) is 5.73 Å². The predicted molar refractivity (Wildman–Crippen MR) is 121 cm³/mol. The molecular weight excluding hydrogens is 577 g/mol. The average molecular weight is 589 g/mol. The van der Waals surface area contributed by atoms with Gasteiger partial charge in [0.2, 0.25) is 0 Å². The van der Waals surface area contributed by atoms with Gasteiger partial charge in [-0.3, -0.25) is 9.35 Å². The average Bonchev–Trinajstić information content (AvgIpc) is 2.74. The predicted octanol–water partition coefficient (Wildman–Crippen LogP) is 6.42. The maximum Gasteiger partial charge on any atom is 0.416 e. The van der Waals surface area contributed by atoms with Crippen LogP contribution in [0.25, 0.3) is 11.1 Å². The van der Waals surface area contributed by atoms with E-state index >= 15 is 0 Å². The number of rotatable bonds is 5. The molecule has 0 aliphatic heterocycles. The van der Waals surface area contributed by atoms with Gasteiger partial charge in [-0.25, -0.2) is 0 Å². The van der Waals surface area contributed by atoms with E-state index in [1.54, 1.807) is 0 Å². The number of primary amides is 1. The fourth-order valence-electron chi connectivity index (χ4n) is 3.26. The third-order valence-corrected chi connectivity index (χ3v) is 6.34. The Morgan fingerprint density at radius 1 is 0.919 bits per heavy atom. The van der Waals surface area contributed by atoms with E-state index in [-0.39, 0.29) is 29.0 Å². The molecule has 198 valence electrons. The monoisotopic (exact) mass is 588 g/mol. The molecule has 1 amide bonds. The lowest BCUT2D eigenvalue weighted by atomic mass is 9.96. The van der Waals surface area contributed by atoms with E-state index in [9.17, 15) is 44.1 Å². The first kappa shape index (κ1) is 28.4. The summed E-state index contributed by atoms with van der Waals surface area (Å²) in [6, 6.07) is 4.96. The number of nitrogen functional groups attached to an aromatic ring is 1. The molecule has 7 nitrogen and oxygen atoms in total. The molecule has 16 heteroatoms. The number of ether oxygens (including phenoxy) is 1. The van der Waals surface area contributed by atoms with Crippen molar-refractivity contribution in [1.29, 1.82) is 0 Å². The SMILES string of the molecule is NC(=O)c1c(N)c(Oc2ccc(Cl)cc2)c(S(=O)(=O)O)c(-c2cc(C(F)(F)F)cc(C(F)(F)F)c2)c1Cl. The number of amides is 1. The number of hydrogen-bond donors (Lipinski definition) is 3. The van der Waals surface area contributed by atoms with Crippen molar-refractivity contribution in [3.63, 3.8) is 0 Å². The Hall–Kier alpha value is -3.20. The zero-order chi connectivity index (χ0) is 28.1. The van der Waals surface area contributed by atoms with Gasteiger partial charge in [-0.2, -0.15) is 34.8 Å². The van der Waals surface area contributed by atoms with Crippen LogP contribution in [0.4, 0.5) is 32.0 Å². The van der Waals surface area contributed by atoms with Gasteiger partial charge < -0.3 is 16.2 Å². The molecule has 0 aliphatic rings. The van der Waals surface area contributed by atoms with Crippen LogP contribution < -0.4 is 16.2 Å². The fraction of sp³-hybridized carbons (Fsp3) is 0.0952. The Morgan fingerprint density at radius 3 is 1.81 bits per heavy atom. The number of nitrogens with two attached hydrogens (primary N) is 2. The summed E-state index contributed by atoms with van der Waals surface area (Å²) in [5.74, 6) is -2.68. The molecule has 37 heavy (non-hydrogen) atoms. The van der Waals surface area contributed by atoms with Crippen LogP contribution in [0.15, 0.2) is 47.4 Å². The molecule has 0 heterocycles. The van der Waals surface area contributed by atoms with Crippen LogP contribution in [-0.2, 0) is 22.5 Å². The van der Waals surface area contributed by atoms with Crippen molar-refractivity contribution in [2.45, 2.75) is 17.2 Å². The van der Waals surface area contributed by atoms with E-state index in [4.69, 9.17) is 39.4 Å². The molecule has 0 spiro atoms. The van der Waals surface area contributed by atoms with Gasteiger partial charge in [0.1, 0.15) is 10.6 Å². The zero-order valence-electron chi connectivity index (χ0n) is 17.7.